The van der Waals surface area contributed by atoms with Crippen LogP contribution in [0.5, 0.6) is 0 Å². The second-order valence-corrected chi connectivity index (χ2v) is 13.3. The number of nitrogens with one attached hydrogen (secondary N) is 2. The Morgan fingerprint density at radius 1 is 0.767 bits per heavy atom. The van der Waals surface area contributed by atoms with Gasteiger partial charge < -0.3 is 15.7 Å². The lowest BCUT2D eigenvalue weighted by atomic mass is 10.1. The van der Waals surface area contributed by atoms with Gasteiger partial charge in [-0.25, -0.2) is 4.79 Å². The minimum Gasteiger partial charge on any atom is -0.480 e. The van der Waals surface area contributed by atoms with Crippen molar-refractivity contribution in [3.63, 3.8) is 0 Å². The lowest BCUT2D eigenvalue weighted by molar-refractivity contribution is -0.142. The first-order valence-corrected chi connectivity index (χ1v) is 18.4. The van der Waals surface area contributed by atoms with Crippen LogP contribution in [0.2, 0.25) is 0 Å². The Morgan fingerprint density at radius 3 is 1.88 bits per heavy atom. The van der Waals surface area contributed by atoms with Crippen molar-refractivity contribution >= 4 is 39.4 Å². The molecular weight excluding hydrogens is 577 g/mol. The number of amides is 2. The largest absolute Gasteiger partial charge is 0.480 e. The number of aliphatic carboxylic acids is 1. The first-order valence-electron chi connectivity index (χ1n) is 16.0. The summed E-state index contributed by atoms with van der Waals surface area (Å²) in [5, 5.41) is 15.7. The van der Waals surface area contributed by atoms with Crippen LogP contribution in [0.25, 0.3) is 0 Å². The van der Waals surface area contributed by atoms with Crippen molar-refractivity contribution in [1.82, 2.24) is 10.6 Å². The Labute approximate surface area is 268 Å². The summed E-state index contributed by atoms with van der Waals surface area (Å²) in [4.78, 5) is 35.8. The topological polar surface area (TPSA) is 95.5 Å². The first kappa shape index (κ1) is 38.6. The van der Waals surface area contributed by atoms with Crippen LogP contribution in [-0.2, 0) is 14.4 Å². The van der Waals surface area contributed by atoms with E-state index in [-0.39, 0.29) is 24.7 Å². The molecule has 2 amide bonds. The molecule has 0 saturated carbocycles. The van der Waals surface area contributed by atoms with E-state index < -0.39 is 12.0 Å². The molecule has 0 aromatic rings. The zero-order chi connectivity index (χ0) is 31.2. The second kappa shape index (κ2) is 28.3. The molecule has 1 aliphatic heterocycles. The van der Waals surface area contributed by atoms with E-state index in [1.807, 2.05) is 33.7 Å². The highest BCUT2D eigenvalue weighted by molar-refractivity contribution is 8.77. The van der Waals surface area contributed by atoms with Gasteiger partial charge in [0, 0.05) is 30.4 Å². The van der Waals surface area contributed by atoms with Crippen LogP contribution in [-0.4, -0.2) is 46.5 Å². The smallest absolute Gasteiger partial charge is 0.326 e. The molecule has 1 fully saturated rings. The van der Waals surface area contributed by atoms with Crippen LogP contribution in [0.1, 0.15) is 103 Å². The van der Waals surface area contributed by atoms with E-state index in [0.717, 1.165) is 56.6 Å². The molecule has 6 nitrogen and oxygen atoms in total. The van der Waals surface area contributed by atoms with Gasteiger partial charge in [-0.15, -0.1) is 0 Å². The minimum atomic E-state index is -1.04. The zero-order valence-electron chi connectivity index (χ0n) is 26.1. The summed E-state index contributed by atoms with van der Waals surface area (Å²) in [6.45, 7) is 2.57. The van der Waals surface area contributed by atoms with Crippen molar-refractivity contribution in [2.45, 2.75) is 115 Å². The highest BCUT2D eigenvalue weighted by Crippen LogP contribution is 2.39. The van der Waals surface area contributed by atoms with E-state index in [9.17, 15) is 19.5 Å². The maximum atomic E-state index is 12.2. The van der Waals surface area contributed by atoms with E-state index in [2.05, 4.69) is 78.3 Å². The van der Waals surface area contributed by atoms with Gasteiger partial charge in [0.15, 0.2) is 0 Å². The van der Waals surface area contributed by atoms with Gasteiger partial charge in [0.2, 0.25) is 11.8 Å². The molecule has 1 rings (SSSR count). The van der Waals surface area contributed by atoms with Crippen LogP contribution in [0, 0.1) is 0 Å². The highest BCUT2D eigenvalue weighted by atomic mass is 33.1. The molecule has 43 heavy (non-hydrogen) atoms. The predicted octanol–water partition coefficient (Wildman–Crippen LogP) is 8.64. The fourth-order valence-corrected chi connectivity index (χ4v) is 7.25. The average molecular weight is 631 g/mol. The third-order valence-corrected chi connectivity index (χ3v) is 9.67. The monoisotopic (exact) mass is 630 g/mol. The number of carbonyl (C=O) groups excluding carboxylic acids is 2. The number of carboxylic acids is 1. The summed E-state index contributed by atoms with van der Waals surface area (Å²) in [6.07, 6.45) is 37.9. The van der Waals surface area contributed by atoms with Gasteiger partial charge in [-0.1, -0.05) is 108 Å². The molecule has 1 saturated heterocycles. The molecule has 1 heterocycles. The molecule has 0 aromatic heterocycles. The van der Waals surface area contributed by atoms with Gasteiger partial charge in [-0.3, -0.25) is 9.59 Å². The summed E-state index contributed by atoms with van der Waals surface area (Å²) >= 11 is 0. The van der Waals surface area contributed by atoms with Crippen LogP contribution >= 0.6 is 21.6 Å². The third-order valence-electron chi connectivity index (χ3n) is 6.67. The van der Waals surface area contributed by atoms with Crippen molar-refractivity contribution in [1.29, 1.82) is 0 Å². The number of unbranched alkanes of at least 4 members (excludes halogenated alkanes) is 1. The molecule has 240 valence electrons. The van der Waals surface area contributed by atoms with E-state index in [0.29, 0.717) is 25.8 Å². The maximum Gasteiger partial charge on any atom is 0.326 e. The average Bonchev–Trinajstić information content (AvgIpc) is 3.51. The maximum absolute atomic E-state index is 12.2. The Kier molecular flexibility index (Phi) is 25.4. The van der Waals surface area contributed by atoms with E-state index in [1.165, 1.54) is 18.6 Å². The summed E-state index contributed by atoms with van der Waals surface area (Å²) in [7, 11) is 3.91. The molecular formula is C35H54N2O4S2. The van der Waals surface area contributed by atoms with Crippen LogP contribution in [0.15, 0.2) is 72.9 Å². The molecule has 0 spiro atoms. The van der Waals surface area contributed by atoms with Crippen molar-refractivity contribution in [3.8, 4) is 0 Å². The van der Waals surface area contributed by atoms with E-state index in [4.69, 9.17) is 0 Å². The summed E-state index contributed by atoms with van der Waals surface area (Å²) in [5.74, 6) is -0.0658. The number of allylic oxidation sites excluding steroid dienone is 12. The summed E-state index contributed by atoms with van der Waals surface area (Å²) < 4.78 is 0. The van der Waals surface area contributed by atoms with Gasteiger partial charge >= 0.3 is 5.97 Å². The highest BCUT2D eigenvalue weighted by Gasteiger charge is 2.19. The fourth-order valence-electron chi connectivity index (χ4n) is 4.22. The number of carbonyl (C=O) groups is 3. The molecule has 0 bridgehead atoms. The number of hydrogen-bond acceptors (Lipinski definition) is 5. The molecule has 1 aliphatic rings. The predicted molar refractivity (Wildman–Crippen MR) is 186 cm³/mol. The number of hydrogen-bond donors (Lipinski definition) is 3. The Balaban J connectivity index is 2.05. The van der Waals surface area contributed by atoms with Gasteiger partial charge in [-0.2, -0.15) is 0 Å². The lowest BCUT2D eigenvalue weighted by Gasteiger charge is -2.14. The molecule has 2 unspecified atom stereocenters. The molecule has 2 atom stereocenters. The Bertz CT molecular complexity index is 934. The first-order chi connectivity index (χ1) is 21.0. The van der Waals surface area contributed by atoms with Crippen LogP contribution in [0.3, 0.4) is 0 Å². The summed E-state index contributed by atoms with van der Waals surface area (Å²) in [5.41, 5.74) is 0. The summed E-state index contributed by atoms with van der Waals surface area (Å²) in [6, 6.07) is -0.934. The standard InChI is InChI=1S/C35H54N2O4S2/c1-2-3-4-5-6-7-8-9-10-11-12-13-14-15-16-17-18-19-20-27-34(39)37-32(35(40)41)25-23-29-36-33(38)26-22-21-24-31-28-30-42-43-31/h3-4,6-7,9-10,12-13,15-16,18-19,31-32H,2,5,8,11,14,17,20-30H2,1H3,(H,36,38)(H,37,39)(H,40,41). The number of rotatable bonds is 25. The molecule has 0 aromatic carbocycles. The van der Waals surface area contributed by atoms with Gasteiger partial charge in [0.05, 0.1) is 0 Å². The van der Waals surface area contributed by atoms with E-state index >= 15 is 0 Å². The van der Waals surface area contributed by atoms with E-state index in [1.54, 1.807) is 0 Å². The van der Waals surface area contributed by atoms with Crippen LogP contribution < -0.4 is 10.6 Å². The van der Waals surface area contributed by atoms with Crippen LogP contribution in [0.4, 0.5) is 0 Å². The van der Waals surface area contributed by atoms with Crippen molar-refractivity contribution in [3.05, 3.63) is 72.9 Å². The SMILES string of the molecule is CCC=CCC=CCC=CCC=CCC=CCC=CCCC(=O)NC(CCCNC(=O)CCCCC1CCSS1)C(=O)O. The molecule has 0 radical (unpaired) electrons. The van der Waals surface area contributed by atoms with Gasteiger partial charge in [0.25, 0.3) is 0 Å². The van der Waals surface area contributed by atoms with Crippen molar-refractivity contribution in [2.24, 2.45) is 0 Å². The molecule has 3 N–H and O–H groups in total. The Morgan fingerprint density at radius 2 is 1.35 bits per heavy atom. The quantitative estimate of drug-likeness (QED) is 0.0531. The van der Waals surface area contributed by atoms with Crippen molar-refractivity contribution < 1.29 is 19.5 Å². The minimum absolute atomic E-state index is 0.0146. The zero-order valence-corrected chi connectivity index (χ0v) is 27.7. The fraction of sp³-hybridized carbons (Fsp3) is 0.571. The normalized spacial score (nSPS) is 16.5. The second-order valence-electron chi connectivity index (χ2n) is 10.5. The molecule has 0 aliphatic carbocycles. The van der Waals surface area contributed by atoms with Gasteiger partial charge in [-0.05, 0) is 77.0 Å². The lowest BCUT2D eigenvalue weighted by Crippen LogP contribution is -2.41. The third kappa shape index (κ3) is 24.7. The number of carboxylic acid groups (broad SMARTS) is 1. The Hall–Kier alpha value is -2.45. The van der Waals surface area contributed by atoms with Crippen molar-refractivity contribution in [2.75, 3.05) is 12.3 Å². The van der Waals surface area contributed by atoms with Gasteiger partial charge in [0.1, 0.15) is 6.04 Å². The molecule has 8 heteroatoms.